The summed E-state index contributed by atoms with van der Waals surface area (Å²) >= 11 is 3.49. The Bertz CT molecular complexity index is 1330. The fourth-order valence-corrected chi connectivity index (χ4v) is 7.30. The van der Waals surface area contributed by atoms with Crippen LogP contribution in [0.3, 0.4) is 0 Å². The lowest BCUT2D eigenvalue weighted by atomic mass is 9.87. The van der Waals surface area contributed by atoms with Crippen LogP contribution in [0.25, 0.3) is 10.4 Å². The van der Waals surface area contributed by atoms with Gasteiger partial charge in [-0.25, -0.2) is 0 Å². The van der Waals surface area contributed by atoms with E-state index in [0.717, 1.165) is 30.4 Å². The average Bonchev–Trinajstić information content (AvgIpc) is 3.61. The number of nitrogens with one attached hydrogen (secondary N) is 1. The molecule has 1 N–H and O–H groups in total. The molecule has 2 aromatic carbocycles. The standard InChI is InChI=1S/C32H37NO4S2/c1-18-6-7-24(30-31(38-5)29(37-21(4)34)19(2)20(3)36-30)16-25(18)17-27-14-15-28(39-27)22-8-10-23(11-9-22)32(35)33-26-12-13-26/h6-11,14-16,19-20,26,29-31H,12-13,17H2,1-5H3,(H,33,35)/t19-,20-,29+,30?,31-/m1/s1. The van der Waals surface area contributed by atoms with Crippen LogP contribution in [-0.2, 0) is 20.7 Å². The van der Waals surface area contributed by atoms with Crippen LogP contribution in [0.5, 0.6) is 0 Å². The fraction of sp³-hybridized carbons (Fsp3) is 0.438. The van der Waals surface area contributed by atoms with Crippen molar-refractivity contribution < 1.29 is 19.1 Å². The maximum atomic E-state index is 12.3. The minimum absolute atomic E-state index is 0.0139. The molecule has 0 spiro atoms. The van der Waals surface area contributed by atoms with Gasteiger partial charge in [-0.15, -0.1) is 11.3 Å². The number of aryl methyl sites for hydroxylation is 1. The van der Waals surface area contributed by atoms with Crippen LogP contribution in [0.1, 0.15) is 71.6 Å². The van der Waals surface area contributed by atoms with Crippen LogP contribution < -0.4 is 5.32 Å². The highest BCUT2D eigenvalue weighted by molar-refractivity contribution is 7.99. The van der Waals surface area contributed by atoms with Gasteiger partial charge in [0.1, 0.15) is 6.10 Å². The molecular formula is C32H37NO4S2. The zero-order valence-corrected chi connectivity index (χ0v) is 24.9. The molecule has 1 amide bonds. The van der Waals surface area contributed by atoms with Gasteiger partial charge in [-0.2, -0.15) is 11.8 Å². The number of hydrogen-bond donors (Lipinski definition) is 1. The second-order valence-corrected chi connectivity index (χ2v) is 13.0. The number of carbonyl (C=O) groups is 2. The summed E-state index contributed by atoms with van der Waals surface area (Å²) in [4.78, 5) is 26.7. The molecule has 1 aromatic heterocycles. The van der Waals surface area contributed by atoms with Gasteiger partial charge in [0.2, 0.25) is 0 Å². The van der Waals surface area contributed by atoms with Crippen LogP contribution in [0.4, 0.5) is 0 Å². The molecule has 206 valence electrons. The Morgan fingerprint density at radius 3 is 2.49 bits per heavy atom. The predicted octanol–water partition coefficient (Wildman–Crippen LogP) is 6.97. The van der Waals surface area contributed by atoms with Crippen molar-refractivity contribution in [3.05, 3.63) is 81.7 Å². The summed E-state index contributed by atoms with van der Waals surface area (Å²) in [5.74, 6) is -0.105. The summed E-state index contributed by atoms with van der Waals surface area (Å²) in [5.41, 5.74) is 5.48. The van der Waals surface area contributed by atoms with Crippen molar-refractivity contribution in [1.29, 1.82) is 0 Å². The number of ether oxygens (including phenoxy) is 2. The molecule has 2 fully saturated rings. The molecule has 5 rings (SSSR count). The van der Waals surface area contributed by atoms with Crippen molar-refractivity contribution in [2.45, 2.75) is 76.6 Å². The Hall–Kier alpha value is -2.61. The van der Waals surface area contributed by atoms with Gasteiger partial charge >= 0.3 is 5.97 Å². The van der Waals surface area contributed by atoms with E-state index in [1.54, 1.807) is 23.1 Å². The molecule has 7 heteroatoms. The second kappa shape index (κ2) is 11.9. The van der Waals surface area contributed by atoms with Gasteiger partial charge in [-0.1, -0.05) is 37.3 Å². The number of thioether (sulfide) groups is 1. The number of hydrogen-bond acceptors (Lipinski definition) is 6. The Balaban J connectivity index is 1.33. The maximum absolute atomic E-state index is 12.3. The van der Waals surface area contributed by atoms with E-state index in [4.69, 9.17) is 9.47 Å². The maximum Gasteiger partial charge on any atom is 0.302 e. The number of carbonyl (C=O) groups excluding carboxylic acids is 2. The molecule has 1 saturated carbocycles. The largest absolute Gasteiger partial charge is 0.461 e. The number of benzene rings is 2. The van der Waals surface area contributed by atoms with Crippen molar-refractivity contribution in [3.63, 3.8) is 0 Å². The highest BCUT2D eigenvalue weighted by atomic mass is 32.2. The smallest absolute Gasteiger partial charge is 0.302 e. The summed E-state index contributed by atoms with van der Waals surface area (Å²) in [5, 5.41) is 3.07. The molecule has 2 aliphatic rings. The minimum atomic E-state index is -0.243. The Morgan fingerprint density at radius 1 is 1.08 bits per heavy atom. The topological polar surface area (TPSA) is 64.6 Å². The predicted molar refractivity (Wildman–Crippen MR) is 160 cm³/mol. The lowest BCUT2D eigenvalue weighted by Gasteiger charge is -2.44. The van der Waals surface area contributed by atoms with E-state index in [2.05, 4.69) is 62.7 Å². The van der Waals surface area contributed by atoms with E-state index in [1.165, 1.54) is 27.8 Å². The summed E-state index contributed by atoms with van der Waals surface area (Å²) < 4.78 is 12.3. The van der Waals surface area contributed by atoms with E-state index in [1.807, 2.05) is 24.3 Å². The van der Waals surface area contributed by atoms with Gasteiger partial charge in [-0.3, -0.25) is 9.59 Å². The van der Waals surface area contributed by atoms with Crippen molar-refractivity contribution in [2.24, 2.45) is 5.92 Å². The Morgan fingerprint density at radius 2 is 1.82 bits per heavy atom. The summed E-state index contributed by atoms with van der Waals surface area (Å²) in [7, 11) is 0. The minimum Gasteiger partial charge on any atom is -0.461 e. The lowest BCUT2D eigenvalue weighted by molar-refractivity contribution is -0.168. The lowest BCUT2D eigenvalue weighted by Crippen LogP contribution is -2.49. The first kappa shape index (κ1) is 27.9. The molecule has 1 aliphatic carbocycles. The van der Waals surface area contributed by atoms with Gasteiger partial charge in [0.05, 0.1) is 17.5 Å². The molecule has 3 aromatic rings. The first-order valence-electron chi connectivity index (χ1n) is 13.7. The highest BCUT2D eigenvalue weighted by Gasteiger charge is 2.44. The van der Waals surface area contributed by atoms with Crippen molar-refractivity contribution in [3.8, 4) is 10.4 Å². The number of esters is 1. The monoisotopic (exact) mass is 563 g/mol. The molecule has 39 heavy (non-hydrogen) atoms. The van der Waals surface area contributed by atoms with Gasteiger partial charge in [-0.05, 0) is 79.5 Å². The normalized spacial score (nSPS) is 24.8. The Labute approximate surface area is 239 Å². The zero-order chi connectivity index (χ0) is 27.7. The number of thiophene rings is 1. The molecule has 1 aliphatic heterocycles. The first-order valence-corrected chi connectivity index (χ1v) is 15.8. The molecular weight excluding hydrogens is 526 g/mol. The fourth-order valence-electron chi connectivity index (χ4n) is 5.22. The molecule has 0 bridgehead atoms. The third kappa shape index (κ3) is 6.42. The van der Waals surface area contributed by atoms with Crippen LogP contribution in [0.15, 0.2) is 54.6 Å². The third-order valence-corrected chi connectivity index (χ3v) is 10.1. The summed E-state index contributed by atoms with van der Waals surface area (Å²) in [6.07, 6.45) is 4.72. The van der Waals surface area contributed by atoms with Crippen molar-refractivity contribution in [1.82, 2.24) is 5.32 Å². The van der Waals surface area contributed by atoms with Crippen LogP contribution >= 0.6 is 23.1 Å². The molecule has 5 atom stereocenters. The highest BCUT2D eigenvalue weighted by Crippen LogP contribution is 2.42. The van der Waals surface area contributed by atoms with Crippen LogP contribution in [0.2, 0.25) is 0 Å². The second-order valence-electron chi connectivity index (χ2n) is 10.8. The van der Waals surface area contributed by atoms with Crippen molar-refractivity contribution in [2.75, 3.05) is 6.26 Å². The third-order valence-electron chi connectivity index (χ3n) is 7.89. The number of amides is 1. The van der Waals surface area contributed by atoms with E-state index in [0.29, 0.717) is 11.6 Å². The number of rotatable bonds is 8. The van der Waals surface area contributed by atoms with Crippen LogP contribution in [0, 0.1) is 12.8 Å². The Kier molecular flexibility index (Phi) is 8.50. The SMILES string of the molecule is CS[C@H]1C(c2ccc(C)c(Cc3ccc(-c4ccc(C(=O)NC5CC5)cc4)s3)c2)O[C@H](C)[C@@H](C)[C@@H]1OC(C)=O. The van der Waals surface area contributed by atoms with E-state index < -0.39 is 0 Å². The molecule has 5 nitrogen and oxygen atoms in total. The molecule has 1 saturated heterocycles. The van der Waals surface area contributed by atoms with E-state index in [9.17, 15) is 9.59 Å². The van der Waals surface area contributed by atoms with Gasteiger partial charge in [0, 0.05) is 40.6 Å². The first-order chi connectivity index (χ1) is 18.7. The zero-order valence-electron chi connectivity index (χ0n) is 23.2. The average molecular weight is 564 g/mol. The molecule has 2 heterocycles. The van der Waals surface area contributed by atoms with E-state index in [-0.39, 0.29) is 41.4 Å². The van der Waals surface area contributed by atoms with Gasteiger partial charge in [0.25, 0.3) is 5.91 Å². The van der Waals surface area contributed by atoms with Gasteiger partial charge < -0.3 is 14.8 Å². The molecule has 1 unspecified atom stereocenters. The van der Waals surface area contributed by atoms with E-state index >= 15 is 0 Å². The van der Waals surface area contributed by atoms with Crippen molar-refractivity contribution >= 4 is 35.0 Å². The van der Waals surface area contributed by atoms with Gasteiger partial charge in [0.15, 0.2) is 0 Å². The van der Waals surface area contributed by atoms with Crippen LogP contribution in [-0.4, -0.2) is 41.6 Å². The molecule has 0 radical (unpaired) electrons. The quantitative estimate of drug-likeness (QED) is 0.300. The summed E-state index contributed by atoms with van der Waals surface area (Å²) in [6, 6.07) is 19.2. The summed E-state index contributed by atoms with van der Waals surface area (Å²) in [6.45, 7) is 7.81.